The molecule has 0 radical (unpaired) electrons. The van der Waals surface area contributed by atoms with Gasteiger partial charge in [-0.2, -0.15) is 0 Å². The minimum Gasteiger partial charge on any atom is -0.398 e. The van der Waals surface area contributed by atoms with Gasteiger partial charge in [0.1, 0.15) is 13.2 Å². The molecule has 2 amide bonds. The third kappa shape index (κ3) is 1.89. The Morgan fingerprint density at radius 2 is 1.76 bits per heavy atom. The molecule has 1 aliphatic rings. The summed E-state index contributed by atoms with van der Waals surface area (Å²) in [5, 5.41) is 0. The summed E-state index contributed by atoms with van der Waals surface area (Å²) in [6.07, 6.45) is 0. The summed E-state index contributed by atoms with van der Waals surface area (Å²) in [7, 11) is 0. The van der Waals surface area contributed by atoms with Crippen molar-refractivity contribution in [1.82, 2.24) is 0 Å². The molecular weight excluding hydrogens is 220 g/mol. The maximum Gasteiger partial charge on any atom is 0.259 e. The Morgan fingerprint density at radius 3 is 2.35 bits per heavy atom. The van der Waals surface area contributed by atoms with Gasteiger partial charge in [0.2, 0.25) is 0 Å². The highest BCUT2D eigenvalue weighted by atomic mass is 16.5. The molecule has 1 heterocycles. The van der Waals surface area contributed by atoms with Gasteiger partial charge in [-0.15, -0.1) is 0 Å². The molecule has 0 spiro atoms. The molecule has 2 N–H and O–H groups in total. The Labute approximate surface area is 99.2 Å². The minimum absolute atomic E-state index is 0.0700. The first kappa shape index (κ1) is 11.6. The lowest BCUT2D eigenvalue weighted by Crippen LogP contribution is -2.47. The number of morpholine rings is 1. The second kappa shape index (κ2) is 4.18. The zero-order valence-electron chi connectivity index (χ0n) is 9.82. The highest BCUT2D eigenvalue weighted by Gasteiger charge is 2.30. The Bertz CT molecular complexity index is 481. The number of anilines is 2. The van der Waals surface area contributed by atoms with Gasteiger partial charge in [-0.25, -0.2) is 4.90 Å². The number of hydrogen-bond donors (Lipinski definition) is 1. The van der Waals surface area contributed by atoms with Crippen molar-refractivity contribution in [3.05, 3.63) is 23.3 Å². The third-order valence-electron chi connectivity index (χ3n) is 2.85. The molecule has 0 aliphatic carbocycles. The van der Waals surface area contributed by atoms with E-state index < -0.39 is 0 Å². The van der Waals surface area contributed by atoms with E-state index in [2.05, 4.69) is 0 Å². The van der Waals surface area contributed by atoms with Crippen LogP contribution in [0.2, 0.25) is 0 Å². The minimum atomic E-state index is -0.349. The van der Waals surface area contributed by atoms with Crippen LogP contribution < -0.4 is 10.6 Å². The number of imide groups is 1. The van der Waals surface area contributed by atoms with Gasteiger partial charge in [0.15, 0.2) is 0 Å². The molecule has 1 fully saturated rings. The van der Waals surface area contributed by atoms with E-state index in [4.69, 9.17) is 10.5 Å². The van der Waals surface area contributed by atoms with E-state index >= 15 is 0 Å². The molecule has 0 saturated carbocycles. The average molecular weight is 234 g/mol. The highest BCUT2D eigenvalue weighted by molar-refractivity contribution is 6.18. The third-order valence-corrected chi connectivity index (χ3v) is 2.85. The fourth-order valence-electron chi connectivity index (χ4n) is 1.94. The molecule has 0 atom stereocenters. The van der Waals surface area contributed by atoms with Crippen molar-refractivity contribution in [2.75, 3.05) is 23.8 Å². The van der Waals surface area contributed by atoms with Gasteiger partial charge in [0, 0.05) is 5.69 Å². The number of rotatable bonds is 1. The molecule has 0 bridgehead atoms. The summed E-state index contributed by atoms with van der Waals surface area (Å²) in [5.41, 5.74) is 8.55. The van der Waals surface area contributed by atoms with E-state index in [-0.39, 0.29) is 25.0 Å². The van der Waals surface area contributed by atoms with Gasteiger partial charge in [-0.1, -0.05) is 6.07 Å². The van der Waals surface area contributed by atoms with Gasteiger partial charge in [-0.05, 0) is 31.0 Å². The maximum absolute atomic E-state index is 11.8. The van der Waals surface area contributed by atoms with Gasteiger partial charge in [-0.3, -0.25) is 9.59 Å². The highest BCUT2D eigenvalue weighted by Crippen LogP contribution is 2.30. The first-order valence-corrected chi connectivity index (χ1v) is 5.31. The van der Waals surface area contributed by atoms with Crippen LogP contribution in [0.1, 0.15) is 11.1 Å². The van der Waals surface area contributed by atoms with Crippen LogP contribution >= 0.6 is 0 Å². The molecule has 0 unspecified atom stereocenters. The SMILES string of the molecule is Cc1ccc(N)c(C)c1N1C(=O)COCC1=O. The predicted octanol–water partition coefficient (Wildman–Crippen LogP) is 0.775. The maximum atomic E-state index is 11.8. The van der Waals surface area contributed by atoms with E-state index in [9.17, 15) is 9.59 Å². The summed E-state index contributed by atoms with van der Waals surface area (Å²) in [6.45, 7) is 3.50. The van der Waals surface area contributed by atoms with Crippen LogP contribution in [-0.2, 0) is 14.3 Å². The van der Waals surface area contributed by atoms with Gasteiger partial charge < -0.3 is 10.5 Å². The fraction of sp³-hybridized carbons (Fsp3) is 0.333. The molecule has 5 nitrogen and oxygen atoms in total. The normalized spacial score (nSPS) is 16.5. The summed E-state index contributed by atoms with van der Waals surface area (Å²) in [5.74, 6) is -0.698. The molecule has 1 aromatic rings. The van der Waals surface area contributed by atoms with Gasteiger partial charge in [0.05, 0.1) is 5.69 Å². The predicted molar refractivity (Wildman–Crippen MR) is 63.6 cm³/mol. The average Bonchev–Trinajstić information content (AvgIpc) is 2.28. The number of carbonyl (C=O) groups is 2. The van der Waals surface area contributed by atoms with E-state index in [1.807, 2.05) is 6.92 Å². The zero-order chi connectivity index (χ0) is 12.6. The lowest BCUT2D eigenvalue weighted by atomic mass is 10.1. The van der Waals surface area contributed by atoms with Crippen LogP contribution in [0.3, 0.4) is 0 Å². The van der Waals surface area contributed by atoms with Crippen LogP contribution in [0.5, 0.6) is 0 Å². The van der Waals surface area contributed by atoms with E-state index in [1.54, 1.807) is 19.1 Å². The van der Waals surface area contributed by atoms with Crippen molar-refractivity contribution in [2.24, 2.45) is 0 Å². The Morgan fingerprint density at radius 1 is 1.18 bits per heavy atom. The van der Waals surface area contributed by atoms with Crippen molar-refractivity contribution in [3.63, 3.8) is 0 Å². The molecule has 1 saturated heterocycles. The van der Waals surface area contributed by atoms with Crippen molar-refractivity contribution in [1.29, 1.82) is 0 Å². The number of nitrogen functional groups attached to an aromatic ring is 1. The van der Waals surface area contributed by atoms with E-state index in [0.717, 1.165) is 11.1 Å². The van der Waals surface area contributed by atoms with Crippen LogP contribution in [-0.4, -0.2) is 25.0 Å². The molecule has 1 aromatic carbocycles. The topological polar surface area (TPSA) is 72.6 Å². The summed E-state index contributed by atoms with van der Waals surface area (Å²) in [4.78, 5) is 24.7. The number of hydrogen-bond acceptors (Lipinski definition) is 4. The van der Waals surface area contributed by atoms with Crippen LogP contribution in [0.4, 0.5) is 11.4 Å². The molecule has 90 valence electrons. The number of amides is 2. The monoisotopic (exact) mass is 234 g/mol. The number of carbonyl (C=O) groups excluding carboxylic acids is 2. The van der Waals surface area contributed by atoms with Gasteiger partial charge >= 0.3 is 0 Å². The number of nitrogens with two attached hydrogens (primary N) is 1. The van der Waals surface area contributed by atoms with Crippen molar-refractivity contribution >= 4 is 23.2 Å². The molecule has 2 rings (SSSR count). The van der Waals surface area contributed by atoms with Crippen LogP contribution in [0, 0.1) is 13.8 Å². The lowest BCUT2D eigenvalue weighted by molar-refractivity contribution is -0.138. The largest absolute Gasteiger partial charge is 0.398 e. The molecule has 1 aliphatic heterocycles. The Hall–Kier alpha value is -1.88. The molecule has 5 heteroatoms. The number of ether oxygens (including phenoxy) is 1. The lowest BCUT2D eigenvalue weighted by Gasteiger charge is -2.28. The number of aryl methyl sites for hydroxylation is 1. The molecular formula is C12H14N2O3. The summed E-state index contributed by atoms with van der Waals surface area (Å²) < 4.78 is 4.88. The van der Waals surface area contributed by atoms with Crippen molar-refractivity contribution < 1.29 is 14.3 Å². The molecule has 0 aromatic heterocycles. The Balaban J connectivity index is 2.55. The first-order valence-electron chi connectivity index (χ1n) is 5.31. The quantitative estimate of drug-likeness (QED) is 0.575. The van der Waals surface area contributed by atoms with Gasteiger partial charge in [0.25, 0.3) is 11.8 Å². The number of benzene rings is 1. The van der Waals surface area contributed by atoms with E-state index in [0.29, 0.717) is 11.4 Å². The second-order valence-corrected chi connectivity index (χ2v) is 4.06. The standard InChI is InChI=1S/C12H14N2O3/c1-7-3-4-9(13)8(2)12(7)14-10(15)5-17-6-11(14)16/h3-4H,5-6,13H2,1-2H3. The molecule has 17 heavy (non-hydrogen) atoms. The first-order chi connectivity index (χ1) is 8.02. The smallest absolute Gasteiger partial charge is 0.259 e. The van der Waals surface area contributed by atoms with Crippen molar-refractivity contribution in [2.45, 2.75) is 13.8 Å². The summed E-state index contributed by atoms with van der Waals surface area (Å²) in [6, 6.07) is 3.57. The fourth-order valence-corrected chi connectivity index (χ4v) is 1.94. The van der Waals surface area contributed by atoms with Crippen molar-refractivity contribution in [3.8, 4) is 0 Å². The van der Waals surface area contributed by atoms with E-state index in [1.165, 1.54) is 4.90 Å². The van der Waals surface area contributed by atoms with Crippen LogP contribution in [0.25, 0.3) is 0 Å². The van der Waals surface area contributed by atoms with Crippen LogP contribution in [0.15, 0.2) is 12.1 Å². The summed E-state index contributed by atoms with van der Waals surface area (Å²) >= 11 is 0. The zero-order valence-corrected chi connectivity index (χ0v) is 9.82. The number of nitrogens with zero attached hydrogens (tertiary/aromatic N) is 1. The Kier molecular flexibility index (Phi) is 2.85. The second-order valence-electron chi connectivity index (χ2n) is 4.06.